The van der Waals surface area contributed by atoms with Crippen LogP contribution in [0, 0.1) is 5.92 Å². The van der Waals surface area contributed by atoms with E-state index in [1.54, 1.807) is 0 Å². The molecule has 0 unspecified atom stereocenters. The van der Waals surface area contributed by atoms with Gasteiger partial charge < -0.3 is 5.32 Å². The van der Waals surface area contributed by atoms with Gasteiger partial charge >= 0.3 is 0 Å². The second-order valence-electron chi connectivity index (χ2n) is 7.32. The molecule has 3 aliphatic rings. The molecule has 2 aliphatic heterocycles. The summed E-state index contributed by atoms with van der Waals surface area (Å²) in [6, 6.07) is 1.06. The predicted octanol–water partition coefficient (Wildman–Crippen LogP) is 1.85. The summed E-state index contributed by atoms with van der Waals surface area (Å²) in [5, 5.41) is 3.26. The molecule has 0 aromatic rings. The third-order valence-electron chi connectivity index (χ3n) is 5.78. The minimum Gasteiger partial charge on any atom is -0.352 e. The molecule has 120 valence electrons. The summed E-state index contributed by atoms with van der Waals surface area (Å²) in [5.74, 6) is 0.939. The molecule has 4 nitrogen and oxygen atoms in total. The lowest BCUT2D eigenvalue weighted by Gasteiger charge is -2.37. The zero-order valence-electron chi connectivity index (χ0n) is 13.5. The summed E-state index contributed by atoms with van der Waals surface area (Å²) in [4.78, 5) is 17.2. The van der Waals surface area contributed by atoms with E-state index < -0.39 is 0 Å². The van der Waals surface area contributed by atoms with Gasteiger partial charge in [-0.3, -0.25) is 14.6 Å². The Morgan fingerprint density at radius 3 is 2.71 bits per heavy atom. The van der Waals surface area contributed by atoms with E-state index in [1.807, 2.05) is 0 Å². The van der Waals surface area contributed by atoms with E-state index in [0.29, 0.717) is 24.5 Å². The Morgan fingerprint density at radius 1 is 1.10 bits per heavy atom. The summed E-state index contributed by atoms with van der Waals surface area (Å²) in [6.45, 7) is 7.36. The van der Waals surface area contributed by atoms with Crippen molar-refractivity contribution in [3.8, 4) is 0 Å². The molecule has 4 heteroatoms. The number of hydrogen-bond donors (Lipinski definition) is 1. The lowest BCUT2D eigenvalue weighted by molar-refractivity contribution is -0.123. The van der Waals surface area contributed by atoms with Gasteiger partial charge in [0, 0.05) is 31.7 Å². The monoisotopic (exact) mass is 293 g/mol. The van der Waals surface area contributed by atoms with Crippen molar-refractivity contribution in [3.63, 3.8) is 0 Å². The first-order valence-electron chi connectivity index (χ1n) is 8.98. The maximum absolute atomic E-state index is 12.3. The van der Waals surface area contributed by atoms with Crippen molar-refractivity contribution >= 4 is 5.91 Å². The van der Waals surface area contributed by atoms with Gasteiger partial charge in [-0.05, 0) is 45.1 Å². The van der Waals surface area contributed by atoms with E-state index >= 15 is 0 Å². The fourth-order valence-electron chi connectivity index (χ4n) is 4.45. The smallest absolute Gasteiger partial charge is 0.234 e. The highest BCUT2D eigenvalue weighted by molar-refractivity contribution is 5.78. The van der Waals surface area contributed by atoms with Gasteiger partial charge in [-0.2, -0.15) is 0 Å². The van der Waals surface area contributed by atoms with Crippen LogP contribution in [0.4, 0.5) is 0 Å². The number of hydrogen-bond acceptors (Lipinski definition) is 3. The summed E-state index contributed by atoms with van der Waals surface area (Å²) >= 11 is 0. The molecule has 1 aliphatic carbocycles. The quantitative estimate of drug-likeness (QED) is 0.859. The van der Waals surface area contributed by atoms with E-state index in [2.05, 4.69) is 22.0 Å². The van der Waals surface area contributed by atoms with E-state index in [9.17, 15) is 4.79 Å². The van der Waals surface area contributed by atoms with Crippen LogP contribution in [0.15, 0.2) is 0 Å². The fourth-order valence-corrected chi connectivity index (χ4v) is 4.45. The molecule has 3 rings (SSSR count). The van der Waals surface area contributed by atoms with E-state index in [4.69, 9.17) is 0 Å². The molecule has 0 radical (unpaired) electrons. The lowest BCUT2D eigenvalue weighted by atomic mass is 9.84. The van der Waals surface area contributed by atoms with Gasteiger partial charge in [0.1, 0.15) is 0 Å². The minimum absolute atomic E-state index is 0.236. The highest BCUT2D eigenvalue weighted by atomic mass is 16.2. The topological polar surface area (TPSA) is 35.6 Å². The van der Waals surface area contributed by atoms with Gasteiger partial charge in [0.15, 0.2) is 0 Å². The van der Waals surface area contributed by atoms with Gasteiger partial charge in [-0.15, -0.1) is 0 Å². The number of nitrogens with one attached hydrogen (secondary N) is 1. The van der Waals surface area contributed by atoms with Crippen molar-refractivity contribution in [1.29, 1.82) is 0 Å². The van der Waals surface area contributed by atoms with Gasteiger partial charge in [-0.25, -0.2) is 0 Å². The highest BCUT2D eigenvalue weighted by Crippen LogP contribution is 2.26. The largest absolute Gasteiger partial charge is 0.352 e. The fraction of sp³-hybridized carbons (Fsp3) is 0.941. The first-order valence-corrected chi connectivity index (χ1v) is 8.98. The average molecular weight is 293 g/mol. The summed E-state index contributed by atoms with van der Waals surface area (Å²) in [6.07, 6.45) is 9.30. The van der Waals surface area contributed by atoms with Crippen molar-refractivity contribution in [2.24, 2.45) is 5.92 Å². The molecular weight excluding hydrogens is 262 g/mol. The van der Waals surface area contributed by atoms with Gasteiger partial charge in [-0.1, -0.05) is 19.3 Å². The average Bonchev–Trinajstić information content (AvgIpc) is 2.95. The van der Waals surface area contributed by atoms with E-state index in [1.165, 1.54) is 51.5 Å². The Hall–Kier alpha value is -0.610. The van der Waals surface area contributed by atoms with Crippen LogP contribution >= 0.6 is 0 Å². The molecule has 0 spiro atoms. The van der Waals surface area contributed by atoms with Crippen LogP contribution in [-0.2, 0) is 4.79 Å². The maximum Gasteiger partial charge on any atom is 0.234 e. The standard InChI is InChI=1S/C17H31N3O/c1-14(15-6-3-2-4-7-15)18-17(21)13-19-10-11-20-9-5-8-16(20)12-19/h14-16H,2-13H2,1H3,(H,18,21)/t14-,16-/m1/s1. The number of piperazine rings is 1. The van der Waals surface area contributed by atoms with Crippen LogP contribution in [0.5, 0.6) is 0 Å². The number of amides is 1. The Balaban J connectivity index is 1.41. The zero-order chi connectivity index (χ0) is 14.7. The molecule has 0 bridgehead atoms. The van der Waals surface area contributed by atoms with Crippen molar-refractivity contribution < 1.29 is 4.79 Å². The van der Waals surface area contributed by atoms with Crippen molar-refractivity contribution in [1.82, 2.24) is 15.1 Å². The Morgan fingerprint density at radius 2 is 1.90 bits per heavy atom. The third-order valence-corrected chi connectivity index (χ3v) is 5.78. The van der Waals surface area contributed by atoms with Crippen LogP contribution in [0.3, 0.4) is 0 Å². The molecule has 1 saturated carbocycles. The molecule has 3 fully saturated rings. The Labute approximate surface area is 129 Å². The van der Waals surface area contributed by atoms with Crippen LogP contribution in [-0.4, -0.2) is 60.5 Å². The van der Waals surface area contributed by atoms with Gasteiger partial charge in [0.05, 0.1) is 6.54 Å². The molecule has 2 atom stereocenters. The van der Waals surface area contributed by atoms with Crippen LogP contribution in [0.2, 0.25) is 0 Å². The first kappa shape index (κ1) is 15.3. The summed E-state index contributed by atoms with van der Waals surface area (Å²) < 4.78 is 0. The van der Waals surface area contributed by atoms with E-state index in [0.717, 1.165) is 19.6 Å². The van der Waals surface area contributed by atoms with Gasteiger partial charge in [0.2, 0.25) is 5.91 Å². The SMILES string of the molecule is C[C@@H](NC(=O)CN1CCN2CCC[C@@H]2C1)C1CCCCC1. The Bertz CT molecular complexity index is 354. The summed E-state index contributed by atoms with van der Waals surface area (Å²) in [7, 11) is 0. The van der Waals surface area contributed by atoms with Gasteiger partial charge in [0.25, 0.3) is 0 Å². The molecular formula is C17H31N3O. The second-order valence-corrected chi connectivity index (χ2v) is 7.32. The summed E-state index contributed by atoms with van der Waals surface area (Å²) in [5.41, 5.74) is 0. The molecule has 21 heavy (non-hydrogen) atoms. The normalized spacial score (nSPS) is 30.0. The van der Waals surface area contributed by atoms with Crippen LogP contribution in [0.1, 0.15) is 51.9 Å². The molecule has 0 aromatic heterocycles. The third kappa shape index (κ3) is 3.98. The molecule has 0 aromatic carbocycles. The first-order chi connectivity index (χ1) is 10.2. The zero-order valence-corrected chi connectivity index (χ0v) is 13.5. The number of rotatable bonds is 4. The molecule has 1 N–H and O–H groups in total. The number of carbonyl (C=O) groups excluding carboxylic acids is 1. The molecule has 1 amide bonds. The second kappa shape index (κ2) is 7.10. The molecule has 2 saturated heterocycles. The lowest BCUT2D eigenvalue weighted by Crippen LogP contribution is -2.53. The van der Waals surface area contributed by atoms with Crippen molar-refractivity contribution in [2.45, 2.75) is 64.0 Å². The molecule has 2 heterocycles. The van der Waals surface area contributed by atoms with E-state index in [-0.39, 0.29) is 5.91 Å². The predicted molar refractivity (Wildman–Crippen MR) is 85.2 cm³/mol. The van der Waals surface area contributed by atoms with Crippen molar-refractivity contribution in [3.05, 3.63) is 0 Å². The Kier molecular flexibility index (Phi) is 5.17. The number of fused-ring (bicyclic) bond motifs is 1. The van der Waals surface area contributed by atoms with Crippen LogP contribution < -0.4 is 5.32 Å². The number of carbonyl (C=O) groups is 1. The maximum atomic E-state index is 12.3. The van der Waals surface area contributed by atoms with Crippen molar-refractivity contribution in [2.75, 3.05) is 32.7 Å². The van der Waals surface area contributed by atoms with Crippen LogP contribution in [0.25, 0.3) is 0 Å². The number of nitrogens with zero attached hydrogens (tertiary/aromatic N) is 2. The highest BCUT2D eigenvalue weighted by Gasteiger charge is 2.31. The minimum atomic E-state index is 0.236.